The lowest BCUT2D eigenvalue weighted by Crippen LogP contribution is -2.45. The monoisotopic (exact) mass is 321 g/mol. The van der Waals surface area contributed by atoms with Crippen LogP contribution in [-0.4, -0.2) is 47.6 Å². The second-order valence-corrected chi connectivity index (χ2v) is 7.86. The molecule has 3 fully saturated rings. The summed E-state index contributed by atoms with van der Waals surface area (Å²) in [6.45, 7) is 5.39. The SMILES string of the molecule is Cc1nc(CN2C[C@@H](NC(=O)C3CCC3)[C@H]3COC[C@H]32)cs1. The largest absolute Gasteiger partial charge is 0.379 e. The van der Waals surface area contributed by atoms with Crippen molar-refractivity contribution < 1.29 is 9.53 Å². The maximum absolute atomic E-state index is 12.3. The molecule has 2 aliphatic heterocycles. The zero-order valence-corrected chi connectivity index (χ0v) is 13.8. The van der Waals surface area contributed by atoms with Gasteiger partial charge in [0.2, 0.25) is 5.91 Å². The molecule has 22 heavy (non-hydrogen) atoms. The molecule has 3 heterocycles. The van der Waals surface area contributed by atoms with Gasteiger partial charge < -0.3 is 10.1 Å². The molecule has 6 heteroatoms. The van der Waals surface area contributed by atoms with Gasteiger partial charge in [-0.1, -0.05) is 6.42 Å². The Morgan fingerprint density at radius 1 is 1.50 bits per heavy atom. The first kappa shape index (κ1) is 14.6. The molecule has 5 nitrogen and oxygen atoms in total. The number of aryl methyl sites for hydroxylation is 1. The molecular weight excluding hydrogens is 298 g/mol. The third-order valence-corrected chi connectivity index (χ3v) is 6.17. The summed E-state index contributed by atoms with van der Waals surface area (Å²) in [5.41, 5.74) is 1.14. The molecule has 4 rings (SSSR count). The smallest absolute Gasteiger partial charge is 0.223 e. The summed E-state index contributed by atoms with van der Waals surface area (Å²) in [6.07, 6.45) is 3.32. The van der Waals surface area contributed by atoms with Crippen LogP contribution >= 0.6 is 11.3 Å². The second kappa shape index (κ2) is 5.91. The topological polar surface area (TPSA) is 54.5 Å². The molecule has 120 valence electrons. The molecule has 0 radical (unpaired) electrons. The number of fused-ring (bicyclic) bond motifs is 1. The van der Waals surface area contributed by atoms with E-state index in [1.165, 1.54) is 6.42 Å². The minimum atomic E-state index is 0.236. The lowest BCUT2D eigenvalue weighted by molar-refractivity contribution is -0.128. The third kappa shape index (κ3) is 2.68. The number of carbonyl (C=O) groups is 1. The molecule has 0 unspecified atom stereocenters. The molecular formula is C16H23N3O2S. The summed E-state index contributed by atoms with van der Waals surface area (Å²) in [5, 5.41) is 6.55. The van der Waals surface area contributed by atoms with Crippen molar-refractivity contribution in [1.29, 1.82) is 0 Å². The average molecular weight is 321 g/mol. The predicted molar refractivity (Wildman–Crippen MR) is 84.6 cm³/mol. The van der Waals surface area contributed by atoms with E-state index >= 15 is 0 Å². The fraction of sp³-hybridized carbons (Fsp3) is 0.750. The maximum Gasteiger partial charge on any atom is 0.223 e. The Morgan fingerprint density at radius 3 is 3.05 bits per heavy atom. The lowest BCUT2D eigenvalue weighted by atomic mass is 9.84. The van der Waals surface area contributed by atoms with Gasteiger partial charge in [-0.05, 0) is 19.8 Å². The van der Waals surface area contributed by atoms with E-state index in [2.05, 4.69) is 20.6 Å². The highest BCUT2D eigenvalue weighted by Crippen LogP contribution is 2.33. The third-order valence-electron chi connectivity index (χ3n) is 5.35. The zero-order chi connectivity index (χ0) is 15.1. The lowest BCUT2D eigenvalue weighted by Gasteiger charge is -2.27. The van der Waals surface area contributed by atoms with Crippen molar-refractivity contribution in [1.82, 2.24) is 15.2 Å². The molecule has 1 N–H and O–H groups in total. The molecule has 0 spiro atoms. The number of carbonyl (C=O) groups excluding carboxylic acids is 1. The molecule has 1 aromatic rings. The van der Waals surface area contributed by atoms with Gasteiger partial charge in [0.05, 0.1) is 23.9 Å². The summed E-state index contributed by atoms with van der Waals surface area (Å²) in [4.78, 5) is 19.3. The molecule has 1 amide bonds. The number of rotatable bonds is 4. The number of hydrogen-bond donors (Lipinski definition) is 1. The van der Waals surface area contributed by atoms with E-state index in [1.54, 1.807) is 11.3 Å². The number of nitrogens with zero attached hydrogens (tertiary/aromatic N) is 2. The van der Waals surface area contributed by atoms with E-state index in [9.17, 15) is 4.79 Å². The van der Waals surface area contributed by atoms with E-state index < -0.39 is 0 Å². The van der Waals surface area contributed by atoms with Crippen LogP contribution in [0.15, 0.2) is 5.38 Å². The number of likely N-dealkylation sites (tertiary alicyclic amines) is 1. The van der Waals surface area contributed by atoms with Crippen LogP contribution in [-0.2, 0) is 16.1 Å². The number of aromatic nitrogens is 1. The minimum Gasteiger partial charge on any atom is -0.379 e. The van der Waals surface area contributed by atoms with Crippen LogP contribution < -0.4 is 5.32 Å². The fourth-order valence-corrected chi connectivity index (χ4v) is 4.44. The predicted octanol–water partition coefficient (Wildman–Crippen LogP) is 1.57. The van der Waals surface area contributed by atoms with Crippen LogP contribution in [0.4, 0.5) is 0 Å². The Bertz CT molecular complexity index is 557. The van der Waals surface area contributed by atoms with Gasteiger partial charge in [-0.3, -0.25) is 9.69 Å². The van der Waals surface area contributed by atoms with Crippen molar-refractivity contribution in [2.45, 2.75) is 44.8 Å². The first-order valence-electron chi connectivity index (χ1n) is 8.24. The summed E-state index contributed by atoms with van der Waals surface area (Å²) in [7, 11) is 0. The van der Waals surface area contributed by atoms with Gasteiger partial charge in [0, 0.05) is 42.4 Å². The summed E-state index contributed by atoms with van der Waals surface area (Å²) in [6, 6.07) is 0.661. The van der Waals surface area contributed by atoms with E-state index in [-0.39, 0.29) is 17.9 Å². The summed E-state index contributed by atoms with van der Waals surface area (Å²) in [5.74, 6) is 0.952. The van der Waals surface area contributed by atoms with Gasteiger partial charge in [0.1, 0.15) is 0 Å². The van der Waals surface area contributed by atoms with Crippen LogP contribution in [0.25, 0.3) is 0 Å². The van der Waals surface area contributed by atoms with E-state index in [4.69, 9.17) is 4.74 Å². The first-order valence-corrected chi connectivity index (χ1v) is 9.12. The van der Waals surface area contributed by atoms with Gasteiger partial charge in [-0.15, -0.1) is 11.3 Å². The van der Waals surface area contributed by atoms with Crippen molar-refractivity contribution in [2.24, 2.45) is 11.8 Å². The van der Waals surface area contributed by atoms with E-state index in [0.29, 0.717) is 12.0 Å². The number of nitrogens with one attached hydrogen (secondary N) is 1. The quantitative estimate of drug-likeness (QED) is 0.914. The van der Waals surface area contributed by atoms with Crippen molar-refractivity contribution in [3.8, 4) is 0 Å². The average Bonchev–Trinajstić information content (AvgIpc) is 3.08. The molecule has 1 aromatic heterocycles. The van der Waals surface area contributed by atoms with Crippen LogP contribution in [0.3, 0.4) is 0 Å². The van der Waals surface area contributed by atoms with Gasteiger partial charge in [0.25, 0.3) is 0 Å². The molecule has 2 saturated heterocycles. The van der Waals surface area contributed by atoms with E-state index in [0.717, 1.165) is 49.8 Å². The summed E-state index contributed by atoms with van der Waals surface area (Å²) < 4.78 is 5.69. The van der Waals surface area contributed by atoms with Crippen LogP contribution in [0.5, 0.6) is 0 Å². The Morgan fingerprint density at radius 2 is 2.36 bits per heavy atom. The Balaban J connectivity index is 1.42. The highest BCUT2D eigenvalue weighted by atomic mass is 32.1. The van der Waals surface area contributed by atoms with Crippen LogP contribution in [0.1, 0.15) is 30.0 Å². The molecule has 3 atom stereocenters. The number of amides is 1. The fourth-order valence-electron chi connectivity index (χ4n) is 3.84. The Hall–Kier alpha value is -0.980. The van der Waals surface area contributed by atoms with Gasteiger partial charge in [0.15, 0.2) is 0 Å². The Kier molecular flexibility index (Phi) is 3.92. The van der Waals surface area contributed by atoms with Crippen LogP contribution in [0, 0.1) is 18.8 Å². The molecule has 0 bridgehead atoms. The van der Waals surface area contributed by atoms with E-state index in [1.807, 2.05) is 6.92 Å². The molecule has 0 aromatic carbocycles. The maximum atomic E-state index is 12.3. The molecule has 3 aliphatic rings. The van der Waals surface area contributed by atoms with Gasteiger partial charge in [-0.25, -0.2) is 4.98 Å². The number of ether oxygens (including phenoxy) is 1. The first-order chi connectivity index (χ1) is 10.7. The zero-order valence-electron chi connectivity index (χ0n) is 13.0. The second-order valence-electron chi connectivity index (χ2n) is 6.80. The van der Waals surface area contributed by atoms with Crippen molar-refractivity contribution in [3.05, 3.63) is 16.1 Å². The standard InChI is InChI=1S/C16H23N3O2S/c1-10-17-12(9-22-10)5-19-6-14(13-7-21-8-15(13)19)18-16(20)11-3-2-4-11/h9,11,13-15H,2-8H2,1H3,(H,18,20)/t13-,14-,15-/m1/s1. The van der Waals surface area contributed by atoms with Crippen molar-refractivity contribution in [3.63, 3.8) is 0 Å². The summed E-state index contributed by atoms with van der Waals surface area (Å²) >= 11 is 1.70. The highest BCUT2D eigenvalue weighted by molar-refractivity contribution is 7.09. The van der Waals surface area contributed by atoms with Crippen LogP contribution in [0.2, 0.25) is 0 Å². The number of thiazole rings is 1. The highest BCUT2D eigenvalue weighted by Gasteiger charge is 2.46. The van der Waals surface area contributed by atoms with Gasteiger partial charge >= 0.3 is 0 Å². The Labute approximate surface area is 135 Å². The van der Waals surface area contributed by atoms with Gasteiger partial charge in [-0.2, -0.15) is 0 Å². The normalized spacial score (nSPS) is 32.0. The number of hydrogen-bond acceptors (Lipinski definition) is 5. The van der Waals surface area contributed by atoms with Crippen molar-refractivity contribution >= 4 is 17.2 Å². The van der Waals surface area contributed by atoms with Crippen molar-refractivity contribution in [2.75, 3.05) is 19.8 Å². The minimum absolute atomic E-state index is 0.236. The molecule has 1 aliphatic carbocycles. The molecule has 1 saturated carbocycles.